The first-order valence-corrected chi connectivity index (χ1v) is 7.81. The van der Waals surface area contributed by atoms with Crippen LogP contribution in [0.2, 0.25) is 0 Å². The second-order valence-electron chi connectivity index (χ2n) is 6.35. The SMILES string of the molecule is CC(C)(C)OC(=O)N1CCC(O)(c2ccncc2Br)CC1. The molecule has 116 valence electrons. The Morgan fingerprint density at radius 3 is 2.57 bits per heavy atom. The molecule has 1 N–H and O–H groups in total. The van der Waals surface area contributed by atoms with Gasteiger partial charge in [-0.05, 0) is 55.6 Å². The van der Waals surface area contributed by atoms with Gasteiger partial charge in [0.25, 0.3) is 0 Å². The lowest BCUT2D eigenvalue weighted by molar-refractivity contribution is -0.0360. The molecule has 21 heavy (non-hydrogen) atoms. The Balaban J connectivity index is 2.03. The molecule has 0 unspecified atom stereocenters. The van der Waals surface area contributed by atoms with Gasteiger partial charge in [-0.1, -0.05) is 0 Å². The topological polar surface area (TPSA) is 62.7 Å². The molecule has 1 fully saturated rings. The quantitative estimate of drug-likeness (QED) is 0.839. The fourth-order valence-electron chi connectivity index (χ4n) is 2.41. The molecule has 0 bridgehead atoms. The summed E-state index contributed by atoms with van der Waals surface area (Å²) in [6.45, 7) is 6.48. The largest absolute Gasteiger partial charge is 0.444 e. The van der Waals surface area contributed by atoms with E-state index in [4.69, 9.17) is 4.74 Å². The molecule has 0 aromatic carbocycles. The van der Waals surface area contributed by atoms with Crippen LogP contribution in [0.1, 0.15) is 39.2 Å². The van der Waals surface area contributed by atoms with E-state index in [0.29, 0.717) is 25.9 Å². The summed E-state index contributed by atoms with van der Waals surface area (Å²) < 4.78 is 6.15. The zero-order valence-corrected chi connectivity index (χ0v) is 14.2. The molecule has 0 radical (unpaired) electrons. The molecular weight excluding hydrogens is 336 g/mol. The van der Waals surface area contributed by atoms with Gasteiger partial charge in [0.2, 0.25) is 0 Å². The van der Waals surface area contributed by atoms with Crippen molar-refractivity contribution in [2.24, 2.45) is 0 Å². The third kappa shape index (κ3) is 3.95. The Kier molecular flexibility index (Phi) is 4.58. The third-order valence-corrected chi connectivity index (χ3v) is 4.15. The molecule has 1 amide bonds. The zero-order valence-electron chi connectivity index (χ0n) is 12.6. The van der Waals surface area contributed by atoms with E-state index >= 15 is 0 Å². The van der Waals surface area contributed by atoms with Gasteiger partial charge in [-0.25, -0.2) is 4.79 Å². The molecule has 0 aliphatic carbocycles. The minimum atomic E-state index is -0.930. The van der Waals surface area contributed by atoms with Gasteiger partial charge in [0.15, 0.2) is 0 Å². The normalized spacial score (nSPS) is 18.4. The zero-order chi connectivity index (χ0) is 15.7. The maximum Gasteiger partial charge on any atom is 0.410 e. The Hall–Kier alpha value is -1.14. The number of carbonyl (C=O) groups is 1. The van der Waals surface area contributed by atoms with E-state index in [1.54, 1.807) is 17.3 Å². The first-order valence-electron chi connectivity index (χ1n) is 7.02. The van der Waals surface area contributed by atoms with Crippen molar-refractivity contribution in [1.29, 1.82) is 0 Å². The van der Waals surface area contributed by atoms with Crippen LogP contribution in [0.5, 0.6) is 0 Å². The molecule has 6 heteroatoms. The van der Waals surface area contributed by atoms with Crippen molar-refractivity contribution in [2.45, 2.75) is 44.8 Å². The maximum atomic E-state index is 12.0. The van der Waals surface area contributed by atoms with Crippen molar-refractivity contribution < 1.29 is 14.6 Å². The first-order chi connectivity index (χ1) is 9.71. The number of carbonyl (C=O) groups excluding carboxylic acids is 1. The summed E-state index contributed by atoms with van der Waals surface area (Å²) in [5, 5.41) is 10.8. The molecule has 5 nitrogen and oxygen atoms in total. The third-order valence-electron chi connectivity index (χ3n) is 3.52. The summed E-state index contributed by atoms with van der Waals surface area (Å²) in [4.78, 5) is 17.7. The van der Waals surface area contributed by atoms with Crippen molar-refractivity contribution in [3.05, 3.63) is 28.5 Å². The van der Waals surface area contributed by atoms with Crippen molar-refractivity contribution >= 4 is 22.0 Å². The summed E-state index contributed by atoms with van der Waals surface area (Å²) in [6, 6.07) is 1.81. The summed E-state index contributed by atoms with van der Waals surface area (Å²) in [6.07, 6.45) is 3.98. The van der Waals surface area contributed by atoms with Crippen LogP contribution in [0.25, 0.3) is 0 Å². The van der Waals surface area contributed by atoms with Crippen molar-refractivity contribution in [1.82, 2.24) is 9.88 Å². The number of hydrogen-bond donors (Lipinski definition) is 1. The Labute approximate surface area is 133 Å². The van der Waals surface area contributed by atoms with E-state index in [1.807, 2.05) is 26.8 Å². The molecule has 1 aliphatic rings. The molecule has 2 heterocycles. The van der Waals surface area contributed by atoms with E-state index in [2.05, 4.69) is 20.9 Å². The number of aliphatic hydroxyl groups is 1. The number of piperidine rings is 1. The summed E-state index contributed by atoms with van der Waals surface area (Å²) >= 11 is 3.42. The molecule has 0 spiro atoms. The van der Waals surface area contributed by atoms with E-state index in [-0.39, 0.29) is 6.09 Å². The summed E-state index contributed by atoms with van der Waals surface area (Å²) in [5.41, 5.74) is -0.611. The number of pyridine rings is 1. The highest BCUT2D eigenvalue weighted by molar-refractivity contribution is 9.10. The molecule has 1 aliphatic heterocycles. The van der Waals surface area contributed by atoms with Crippen LogP contribution in [-0.2, 0) is 10.3 Å². The van der Waals surface area contributed by atoms with Gasteiger partial charge in [-0.15, -0.1) is 0 Å². The van der Waals surface area contributed by atoms with Gasteiger partial charge in [-0.2, -0.15) is 0 Å². The lowest BCUT2D eigenvalue weighted by atomic mass is 9.85. The number of amides is 1. The molecule has 1 aromatic heterocycles. The number of aromatic nitrogens is 1. The molecule has 0 saturated carbocycles. The average molecular weight is 357 g/mol. The maximum absolute atomic E-state index is 12.0. The van der Waals surface area contributed by atoms with Crippen LogP contribution in [0, 0.1) is 0 Å². The Bertz CT molecular complexity index is 520. The fourth-order valence-corrected chi connectivity index (χ4v) is 3.03. The predicted molar refractivity (Wildman–Crippen MR) is 82.9 cm³/mol. The van der Waals surface area contributed by atoms with Crippen LogP contribution in [0.4, 0.5) is 4.79 Å². The smallest absolute Gasteiger partial charge is 0.410 e. The molecular formula is C15H21BrN2O3. The number of ether oxygens (including phenoxy) is 1. The lowest BCUT2D eigenvalue weighted by Crippen LogP contribution is -2.46. The van der Waals surface area contributed by atoms with Crippen molar-refractivity contribution in [2.75, 3.05) is 13.1 Å². The fraction of sp³-hybridized carbons (Fsp3) is 0.600. The number of nitrogens with zero attached hydrogens (tertiary/aromatic N) is 2. The van der Waals surface area contributed by atoms with Gasteiger partial charge in [0, 0.05) is 35.5 Å². The van der Waals surface area contributed by atoms with Gasteiger partial charge >= 0.3 is 6.09 Å². The van der Waals surface area contributed by atoms with Crippen LogP contribution < -0.4 is 0 Å². The lowest BCUT2D eigenvalue weighted by Gasteiger charge is -2.39. The highest BCUT2D eigenvalue weighted by Crippen LogP contribution is 2.36. The summed E-state index contributed by atoms with van der Waals surface area (Å²) in [5.74, 6) is 0. The van der Waals surface area contributed by atoms with E-state index in [1.165, 1.54) is 0 Å². The van der Waals surface area contributed by atoms with E-state index in [0.717, 1.165) is 10.0 Å². The van der Waals surface area contributed by atoms with Crippen LogP contribution in [-0.4, -0.2) is 39.8 Å². The minimum Gasteiger partial charge on any atom is -0.444 e. The second-order valence-corrected chi connectivity index (χ2v) is 7.21. The van der Waals surface area contributed by atoms with Crippen LogP contribution in [0.3, 0.4) is 0 Å². The number of hydrogen-bond acceptors (Lipinski definition) is 4. The summed E-state index contributed by atoms with van der Waals surface area (Å²) in [7, 11) is 0. The van der Waals surface area contributed by atoms with Crippen molar-refractivity contribution in [3.8, 4) is 0 Å². The molecule has 0 atom stereocenters. The van der Waals surface area contributed by atoms with E-state index < -0.39 is 11.2 Å². The van der Waals surface area contributed by atoms with Gasteiger partial charge in [0.1, 0.15) is 5.60 Å². The van der Waals surface area contributed by atoms with E-state index in [9.17, 15) is 9.90 Å². The standard InChI is InChI=1S/C15H21BrN2O3/c1-14(2,3)21-13(19)18-8-5-15(20,6-9-18)11-4-7-17-10-12(11)16/h4,7,10,20H,5-6,8-9H2,1-3H3. The van der Waals surface area contributed by atoms with Crippen LogP contribution >= 0.6 is 15.9 Å². The van der Waals surface area contributed by atoms with Crippen molar-refractivity contribution in [3.63, 3.8) is 0 Å². The van der Waals surface area contributed by atoms with Gasteiger partial charge in [0.05, 0.1) is 5.60 Å². The number of halogens is 1. The predicted octanol–water partition coefficient (Wildman–Crippen LogP) is 3.06. The number of rotatable bonds is 1. The highest BCUT2D eigenvalue weighted by atomic mass is 79.9. The molecule has 1 aromatic rings. The average Bonchev–Trinajstić information content (AvgIpc) is 2.37. The second kappa shape index (κ2) is 5.93. The number of likely N-dealkylation sites (tertiary alicyclic amines) is 1. The Morgan fingerprint density at radius 1 is 1.43 bits per heavy atom. The highest BCUT2D eigenvalue weighted by Gasteiger charge is 2.37. The van der Waals surface area contributed by atoms with Crippen LogP contribution in [0.15, 0.2) is 22.9 Å². The first kappa shape index (κ1) is 16.2. The monoisotopic (exact) mass is 356 g/mol. The molecule has 2 rings (SSSR count). The Morgan fingerprint density at radius 2 is 2.05 bits per heavy atom. The van der Waals surface area contributed by atoms with Gasteiger partial charge in [-0.3, -0.25) is 4.98 Å². The molecule has 1 saturated heterocycles. The minimum absolute atomic E-state index is 0.321. The van der Waals surface area contributed by atoms with Gasteiger partial charge < -0.3 is 14.7 Å².